The molecule has 1 N–H and O–H groups in total. The standard InChI is InChI=1S/C15H19N5O2S/c1-9-3-2-6-19(8-9)15-18-20-13(22)11(7-16-14(20)23-15)12(21)17-10-4-5-10/h7,9-10H,2-6,8H2,1H3,(H,17,21). The largest absolute Gasteiger partial charge is 0.349 e. The van der Waals surface area contributed by atoms with Crippen LogP contribution >= 0.6 is 11.3 Å². The first kappa shape index (κ1) is 14.6. The van der Waals surface area contributed by atoms with Crippen LogP contribution in [0.1, 0.15) is 43.0 Å². The van der Waals surface area contributed by atoms with Crippen molar-refractivity contribution in [2.24, 2.45) is 5.92 Å². The lowest BCUT2D eigenvalue weighted by atomic mass is 10.0. The molecule has 0 bridgehead atoms. The van der Waals surface area contributed by atoms with Crippen molar-refractivity contribution in [2.75, 3.05) is 18.0 Å². The highest BCUT2D eigenvalue weighted by Gasteiger charge is 2.26. The highest BCUT2D eigenvalue weighted by atomic mass is 32.1. The number of fused-ring (bicyclic) bond motifs is 1. The smallest absolute Gasteiger partial charge is 0.288 e. The van der Waals surface area contributed by atoms with Crippen molar-refractivity contribution < 1.29 is 4.79 Å². The fraction of sp³-hybridized carbons (Fsp3) is 0.600. The van der Waals surface area contributed by atoms with Crippen LogP contribution < -0.4 is 15.8 Å². The Labute approximate surface area is 137 Å². The summed E-state index contributed by atoms with van der Waals surface area (Å²) in [5.74, 6) is 0.279. The molecule has 1 unspecified atom stereocenters. The molecule has 4 rings (SSSR count). The van der Waals surface area contributed by atoms with Crippen LogP contribution in [0.25, 0.3) is 4.96 Å². The number of nitrogens with zero attached hydrogens (tertiary/aromatic N) is 4. The molecular formula is C15H19N5O2S. The summed E-state index contributed by atoms with van der Waals surface area (Å²) in [5.41, 5.74) is -0.320. The van der Waals surface area contributed by atoms with E-state index in [1.807, 2.05) is 0 Å². The van der Waals surface area contributed by atoms with E-state index in [2.05, 4.69) is 27.2 Å². The number of carbonyl (C=O) groups is 1. The molecule has 7 nitrogen and oxygen atoms in total. The maximum atomic E-state index is 12.5. The van der Waals surface area contributed by atoms with E-state index in [-0.39, 0.29) is 23.1 Å². The molecule has 2 aliphatic rings. The number of hydrogen-bond acceptors (Lipinski definition) is 6. The third kappa shape index (κ3) is 2.83. The zero-order chi connectivity index (χ0) is 16.0. The van der Waals surface area contributed by atoms with Gasteiger partial charge < -0.3 is 10.2 Å². The molecule has 1 atom stereocenters. The van der Waals surface area contributed by atoms with E-state index in [0.29, 0.717) is 10.9 Å². The molecule has 2 fully saturated rings. The van der Waals surface area contributed by atoms with Gasteiger partial charge in [-0.2, -0.15) is 4.52 Å². The second kappa shape index (κ2) is 5.59. The predicted octanol–water partition coefficient (Wildman–Crippen LogP) is 1.28. The summed E-state index contributed by atoms with van der Waals surface area (Å²) in [7, 11) is 0. The Morgan fingerprint density at radius 1 is 1.39 bits per heavy atom. The van der Waals surface area contributed by atoms with Gasteiger partial charge in [0, 0.05) is 25.3 Å². The molecule has 1 saturated carbocycles. The zero-order valence-corrected chi connectivity index (χ0v) is 13.8. The lowest BCUT2D eigenvalue weighted by Gasteiger charge is -2.30. The van der Waals surface area contributed by atoms with Gasteiger partial charge in [-0.15, -0.1) is 5.10 Å². The van der Waals surface area contributed by atoms with Crippen molar-refractivity contribution in [3.63, 3.8) is 0 Å². The van der Waals surface area contributed by atoms with Gasteiger partial charge in [0.2, 0.25) is 10.1 Å². The third-order valence-corrected chi connectivity index (χ3v) is 5.34. The van der Waals surface area contributed by atoms with Crippen molar-refractivity contribution in [1.29, 1.82) is 0 Å². The van der Waals surface area contributed by atoms with Crippen molar-refractivity contribution in [2.45, 2.75) is 38.6 Å². The summed E-state index contributed by atoms with van der Waals surface area (Å²) in [5, 5.41) is 8.05. The maximum Gasteiger partial charge on any atom is 0.288 e. The molecular weight excluding hydrogens is 314 g/mol. The highest BCUT2D eigenvalue weighted by molar-refractivity contribution is 7.20. The minimum absolute atomic E-state index is 0.0678. The Morgan fingerprint density at radius 2 is 2.22 bits per heavy atom. The molecule has 1 aliphatic carbocycles. The minimum Gasteiger partial charge on any atom is -0.349 e. The van der Waals surface area contributed by atoms with E-state index in [9.17, 15) is 9.59 Å². The summed E-state index contributed by atoms with van der Waals surface area (Å²) < 4.78 is 1.26. The van der Waals surface area contributed by atoms with E-state index in [0.717, 1.165) is 37.5 Å². The average Bonchev–Trinajstić information content (AvgIpc) is 3.22. The quantitative estimate of drug-likeness (QED) is 0.915. The highest BCUT2D eigenvalue weighted by Crippen LogP contribution is 2.26. The normalized spacial score (nSPS) is 21.6. The van der Waals surface area contributed by atoms with Gasteiger partial charge in [0.1, 0.15) is 5.56 Å². The molecule has 1 amide bonds. The number of rotatable bonds is 3. The van der Waals surface area contributed by atoms with Crippen LogP contribution in [0.3, 0.4) is 0 Å². The Kier molecular flexibility index (Phi) is 3.56. The maximum absolute atomic E-state index is 12.5. The number of piperidine rings is 1. The minimum atomic E-state index is -0.388. The van der Waals surface area contributed by atoms with Crippen molar-refractivity contribution in [1.82, 2.24) is 19.9 Å². The van der Waals surface area contributed by atoms with Crippen LogP contribution in [0.15, 0.2) is 11.0 Å². The molecule has 0 spiro atoms. The van der Waals surface area contributed by atoms with Crippen LogP contribution in [-0.4, -0.2) is 39.6 Å². The number of anilines is 1. The fourth-order valence-corrected chi connectivity index (χ4v) is 3.81. The van der Waals surface area contributed by atoms with Gasteiger partial charge in [-0.25, -0.2) is 4.98 Å². The van der Waals surface area contributed by atoms with Crippen molar-refractivity contribution in [3.05, 3.63) is 22.1 Å². The zero-order valence-electron chi connectivity index (χ0n) is 13.0. The van der Waals surface area contributed by atoms with E-state index in [1.165, 1.54) is 28.5 Å². The summed E-state index contributed by atoms with van der Waals surface area (Å²) in [6, 6.07) is 0.212. The molecule has 2 aromatic heterocycles. The Bertz CT molecular complexity index is 810. The van der Waals surface area contributed by atoms with Gasteiger partial charge >= 0.3 is 0 Å². The van der Waals surface area contributed by atoms with Crippen LogP contribution in [0, 0.1) is 5.92 Å². The first-order valence-electron chi connectivity index (χ1n) is 8.06. The molecule has 23 heavy (non-hydrogen) atoms. The van der Waals surface area contributed by atoms with Gasteiger partial charge in [-0.05, 0) is 31.6 Å². The lowest BCUT2D eigenvalue weighted by Crippen LogP contribution is -2.35. The molecule has 3 heterocycles. The van der Waals surface area contributed by atoms with Crippen LogP contribution in [0.5, 0.6) is 0 Å². The average molecular weight is 333 g/mol. The van der Waals surface area contributed by atoms with E-state index < -0.39 is 0 Å². The summed E-state index contributed by atoms with van der Waals surface area (Å²) in [4.78, 5) is 31.6. The van der Waals surface area contributed by atoms with E-state index >= 15 is 0 Å². The van der Waals surface area contributed by atoms with Crippen molar-refractivity contribution >= 4 is 27.3 Å². The second-order valence-corrected chi connectivity index (χ2v) is 7.43. The number of aromatic nitrogens is 3. The molecule has 122 valence electrons. The lowest BCUT2D eigenvalue weighted by molar-refractivity contribution is 0.0949. The SMILES string of the molecule is CC1CCCN(c2nn3c(=O)c(C(=O)NC4CC4)cnc3s2)C1. The molecule has 1 aliphatic heterocycles. The monoisotopic (exact) mass is 333 g/mol. The van der Waals surface area contributed by atoms with Crippen LogP contribution in [0.2, 0.25) is 0 Å². The summed E-state index contributed by atoms with van der Waals surface area (Å²) in [6.07, 6.45) is 5.70. The van der Waals surface area contributed by atoms with Gasteiger partial charge in [0.15, 0.2) is 0 Å². The molecule has 2 aromatic rings. The number of hydrogen-bond donors (Lipinski definition) is 1. The first-order chi connectivity index (χ1) is 11.1. The van der Waals surface area contributed by atoms with Crippen LogP contribution in [0.4, 0.5) is 5.13 Å². The topological polar surface area (TPSA) is 79.6 Å². The van der Waals surface area contributed by atoms with E-state index in [4.69, 9.17) is 0 Å². The molecule has 1 saturated heterocycles. The Balaban J connectivity index is 1.66. The Hall–Kier alpha value is -1.96. The van der Waals surface area contributed by atoms with Gasteiger partial charge in [-0.1, -0.05) is 18.3 Å². The second-order valence-electron chi connectivity index (χ2n) is 6.50. The first-order valence-corrected chi connectivity index (χ1v) is 8.88. The van der Waals surface area contributed by atoms with Gasteiger partial charge in [-0.3, -0.25) is 9.59 Å². The van der Waals surface area contributed by atoms with Gasteiger partial charge in [0.05, 0.1) is 0 Å². The Morgan fingerprint density at radius 3 is 2.96 bits per heavy atom. The molecule has 0 aromatic carbocycles. The third-order valence-electron chi connectivity index (χ3n) is 4.36. The summed E-state index contributed by atoms with van der Waals surface area (Å²) >= 11 is 1.40. The van der Waals surface area contributed by atoms with Crippen molar-refractivity contribution in [3.8, 4) is 0 Å². The van der Waals surface area contributed by atoms with E-state index in [1.54, 1.807) is 0 Å². The molecule has 8 heteroatoms. The fourth-order valence-electron chi connectivity index (χ4n) is 2.91. The number of nitrogens with one attached hydrogen (secondary N) is 1. The van der Waals surface area contributed by atoms with Gasteiger partial charge in [0.25, 0.3) is 11.5 Å². The number of amides is 1. The summed E-state index contributed by atoms with van der Waals surface area (Å²) in [6.45, 7) is 4.13. The number of carbonyl (C=O) groups excluding carboxylic acids is 1. The molecule has 0 radical (unpaired) electrons. The predicted molar refractivity (Wildman–Crippen MR) is 88.2 cm³/mol. The van der Waals surface area contributed by atoms with Crippen LogP contribution in [-0.2, 0) is 0 Å².